The van der Waals surface area contributed by atoms with Gasteiger partial charge in [-0.1, -0.05) is 18.2 Å². The van der Waals surface area contributed by atoms with Crippen LogP contribution in [0.5, 0.6) is 0 Å². The molecule has 0 saturated heterocycles. The number of fused-ring (bicyclic) bond motifs is 3. The molecule has 0 aromatic heterocycles. The summed E-state index contributed by atoms with van der Waals surface area (Å²) >= 11 is 1.89. The first-order chi connectivity index (χ1) is 5.95. The molecule has 0 atom stereocenters. The van der Waals surface area contributed by atoms with E-state index in [1.165, 1.54) is 16.9 Å². The van der Waals surface area contributed by atoms with Gasteiger partial charge in [-0.15, -0.1) is 11.8 Å². The number of hydrogen-bond acceptors (Lipinski definition) is 2. The van der Waals surface area contributed by atoms with E-state index >= 15 is 0 Å². The summed E-state index contributed by atoms with van der Waals surface area (Å²) in [7, 11) is 0. The number of benzene rings is 1. The maximum atomic E-state index is 2.40. The van der Waals surface area contributed by atoms with Crippen LogP contribution in [0.2, 0.25) is 0 Å². The Morgan fingerprint density at radius 1 is 1.25 bits per heavy atom. The third-order valence-corrected chi connectivity index (χ3v) is 3.27. The maximum Gasteiger partial charge on any atom is 0.0726 e. The van der Waals surface area contributed by atoms with Crippen LogP contribution in [0.1, 0.15) is 5.56 Å². The lowest BCUT2D eigenvalue weighted by molar-refractivity contribution is 1.10. The highest BCUT2D eigenvalue weighted by Crippen LogP contribution is 2.39. The average molecular weight is 175 g/mol. The van der Waals surface area contributed by atoms with E-state index in [1.54, 1.807) is 0 Å². The zero-order valence-corrected chi connectivity index (χ0v) is 7.47. The maximum absolute atomic E-state index is 2.40. The van der Waals surface area contributed by atoms with Crippen molar-refractivity contribution in [2.24, 2.45) is 0 Å². The first-order valence-corrected chi connectivity index (χ1v) is 5.16. The van der Waals surface area contributed by atoms with Gasteiger partial charge in [0.05, 0.1) is 5.88 Å². The summed E-state index contributed by atoms with van der Waals surface area (Å²) in [6.45, 7) is 0. The lowest BCUT2D eigenvalue weighted by Crippen LogP contribution is -2.12. The molecule has 1 aromatic rings. The molecule has 0 fully saturated rings. The Labute approximate surface area is 76.1 Å². The van der Waals surface area contributed by atoms with E-state index in [4.69, 9.17) is 0 Å². The standard InChI is InChI=1S/C10H9NS/c1-2-4-10-8(3-1)5-9-6-12-7-11(9)10/h1-4,6H,5,7H2. The van der Waals surface area contributed by atoms with Gasteiger partial charge in [0.15, 0.2) is 0 Å². The second-order valence-corrected chi connectivity index (χ2v) is 3.97. The van der Waals surface area contributed by atoms with Gasteiger partial charge in [-0.05, 0) is 17.0 Å². The zero-order valence-electron chi connectivity index (χ0n) is 6.66. The van der Waals surface area contributed by atoms with E-state index in [-0.39, 0.29) is 0 Å². The number of para-hydroxylation sites is 1. The Hall–Kier alpha value is -0.890. The second kappa shape index (κ2) is 2.30. The summed E-state index contributed by atoms with van der Waals surface area (Å²) in [5.41, 5.74) is 4.36. The quantitative estimate of drug-likeness (QED) is 0.596. The van der Waals surface area contributed by atoms with Crippen LogP contribution in [0.3, 0.4) is 0 Å². The van der Waals surface area contributed by atoms with Crippen LogP contribution in [-0.2, 0) is 6.42 Å². The molecule has 2 heteroatoms. The molecule has 0 unspecified atom stereocenters. The van der Waals surface area contributed by atoms with Crippen molar-refractivity contribution in [1.82, 2.24) is 0 Å². The third kappa shape index (κ3) is 0.758. The van der Waals surface area contributed by atoms with E-state index < -0.39 is 0 Å². The van der Waals surface area contributed by atoms with Gasteiger partial charge in [0.25, 0.3) is 0 Å². The van der Waals surface area contributed by atoms with Crippen molar-refractivity contribution in [3.63, 3.8) is 0 Å². The predicted octanol–water partition coefficient (Wildman–Crippen LogP) is 2.59. The molecule has 0 aliphatic carbocycles. The second-order valence-electron chi connectivity index (χ2n) is 3.14. The minimum absolute atomic E-state index is 1.10. The normalized spacial score (nSPS) is 19.0. The Morgan fingerprint density at radius 2 is 2.17 bits per heavy atom. The van der Waals surface area contributed by atoms with Crippen LogP contribution in [0, 0.1) is 0 Å². The van der Waals surface area contributed by atoms with Crippen molar-refractivity contribution in [2.75, 3.05) is 10.8 Å². The largest absolute Gasteiger partial charge is 0.334 e. The van der Waals surface area contributed by atoms with Crippen LogP contribution < -0.4 is 4.90 Å². The van der Waals surface area contributed by atoms with Crippen LogP contribution in [-0.4, -0.2) is 5.88 Å². The molecule has 3 rings (SSSR count). The van der Waals surface area contributed by atoms with E-state index in [2.05, 4.69) is 34.6 Å². The summed E-state index contributed by atoms with van der Waals surface area (Å²) in [6.07, 6.45) is 1.13. The van der Waals surface area contributed by atoms with Gasteiger partial charge >= 0.3 is 0 Å². The third-order valence-electron chi connectivity index (χ3n) is 2.42. The molecule has 0 radical (unpaired) electrons. The molecule has 60 valence electrons. The Balaban J connectivity index is 2.17. The van der Waals surface area contributed by atoms with Gasteiger partial charge in [-0.25, -0.2) is 0 Å². The van der Waals surface area contributed by atoms with Crippen molar-refractivity contribution >= 4 is 17.4 Å². The number of anilines is 1. The first kappa shape index (κ1) is 6.61. The van der Waals surface area contributed by atoms with Crippen LogP contribution >= 0.6 is 11.8 Å². The molecular formula is C10H9NS. The van der Waals surface area contributed by atoms with Gasteiger partial charge in [-0.3, -0.25) is 0 Å². The van der Waals surface area contributed by atoms with E-state index in [0.717, 1.165) is 12.3 Å². The summed E-state index contributed by atoms with van der Waals surface area (Å²) in [6, 6.07) is 8.67. The summed E-state index contributed by atoms with van der Waals surface area (Å²) in [4.78, 5) is 2.40. The van der Waals surface area contributed by atoms with Crippen molar-refractivity contribution in [1.29, 1.82) is 0 Å². The smallest absolute Gasteiger partial charge is 0.0726 e. The summed E-state index contributed by atoms with van der Waals surface area (Å²) in [5.74, 6) is 1.10. The fraction of sp³-hybridized carbons (Fsp3) is 0.200. The zero-order chi connectivity index (χ0) is 7.97. The molecule has 0 spiro atoms. The predicted molar refractivity (Wildman–Crippen MR) is 53.2 cm³/mol. The molecule has 1 aromatic carbocycles. The van der Waals surface area contributed by atoms with E-state index in [0.29, 0.717) is 0 Å². The molecule has 12 heavy (non-hydrogen) atoms. The number of hydrogen-bond donors (Lipinski definition) is 0. The molecule has 1 nitrogen and oxygen atoms in total. The Kier molecular flexibility index (Phi) is 1.27. The van der Waals surface area contributed by atoms with Crippen molar-refractivity contribution < 1.29 is 0 Å². The Morgan fingerprint density at radius 3 is 3.17 bits per heavy atom. The van der Waals surface area contributed by atoms with Crippen LogP contribution in [0.15, 0.2) is 35.4 Å². The SMILES string of the molecule is C1=C2Cc3ccccc3N2CS1. The van der Waals surface area contributed by atoms with Crippen LogP contribution in [0.4, 0.5) is 5.69 Å². The highest BCUT2D eigenvalue weighted by Gasteiger charge is 2.26. The van der Waals surface area contributed by atoms with E-state index in [1.807, 2.05) is 11.8 Å². The topological polar surface area (TPSA) is 3.24 Å². The Bertz CT molecular complexity index is 357. The lowest BCUT2D eigenvalue weighted by atomic mass is 10.1. The molecule has 0 bridgehead atoms. The number of allylic oxidation sites excluding steroid dienone is 1. The highest BCUT2D eigenvalue weighted by atomic mass is 32.2. The molecule has 0 N–H and O–H groups in total. The molecule has 0 amide bonds. The fourth-order valence-electron chi connectivity index (χ4n) is 1.83. The van der Waals surface area contributed by atoms with Crippen LogP contribution in [0.25, 0.3) is 0 Å². The molecular weight excluding hydrogens is 166 g/mol. The first-order valence-electron chi connectivity index (χ1n) is 4.11. The van der Waals surface area contributed by atoms with Gasteiger partial charge < -0.3 is 4.90 Å². The van der Waals surface area contributed by atoms with E-state index in [9.17, 15) is 0 Å². The number of nitrogens with zero attached hydrogens (tertiary/aromatic N) is 1. The fourth-order valence-corrected chi connectivity index (χ4v) is 2.77. The summed E-state index contributed by atoms with van der Waals surface area (Å²) in [5, 5.41) is 2.28. The number of thioether (sulfide) groups is 1. The average Bonchev–Trinajstić information content (AvgIpc) is 2.62. The monoisotopic (exact) mass is 175 g/mol. The minimum Gasteiger partial charge on any atom is -0.334 e. The summed E-state index contributed by atoms with van der Waals surface area (Å²) < 4.78 is 0. The van der Waals surface area contributed by atoms with Crippen molar-refractivity contribution in [2.45, 2.75) is 6.42 Å². The molecule has 0 saturated carbocycles. The van der Waals surface area contributed by atoms with Gasteiger partial charge in [-0.2, -0.15) is 0 Å². The minimum atomic E-state index is 1.10. The van der Waals surface area contributed by atoms with Gasteiger partial charge in [0.2, 0.25) is 0 Å². The van der Waals surface area contributed by atoms with Crippen molar-refractivity contribution in [3.8, 4) is 0 Å². The van der Waals surface area contributed by atoms with Gasteiger partial charge in [0.1, 0.15) is 0 Å². The van der Waals surface area contributed by atoms with Crippen molar-refractivity contribution in [3.05, 3.63) is 40.9 Å². The molecule has 2 aliphatic rings. The molecule has 2 aliphatic heterocycles. The lowest BCUT2D eigenvalue weighted by Gasteiger charge is -2.13. The highest BCUT2D eigenvalue weighted by molar-refractivity contribution is 8.02. The molecule has 2 heterocycles. The van der Waals surface area contributed by atoms with Gasteiger partial charge in [0, 0.05) is 17.8 Å². The number of rotatable bonds is 0.